The second kappa shape index (κ2) is 6.29. The molecule has 2 aromatic carbocycles. The normalized spacial score (nSPS) is 17.1. The number of hydrogen-bond donors (Lipinski definition) is 2. The van der Waals surface area contributed by atoms with Crippen molar-refractivity contribution in [1.29, 1.82) is 0 Å². The van der Waals surface area contributed by atoms with Crippen LogP contribution in [0.3, 0.4) is 0 Å². The van der Waals surface area contributed by atoms with Crippen LogP contribution in [0.2, 0.25) is 5.02 Å². The highest BCUT2D eigenvalue weighted by Gasteiger charge is 2.23. The van der Waals surface area contributed by atoms with Crippen molar-refractivity contribution in [1.82, 2.24) is 10.6 Å². The molecule has 0 saturated carbocycles. The summed E-state index contributed by atoms with van der Waals surface area (Å²) in [5.74, 6) is 0.0319. The van der Waals surface area contributed by atoms with Crippen molar-refractivity contribution in [2.24, 2.45) is 0 Å². The van der Waals surface area contributed by atoms with Gasteiger partial charge in [-0.05, 0) is 35.2 Å². The Labute approximate surface area is 129 Å². The first-order valence-electron chi connectivity index (χ1n) is 7.05. The van der Waals surface area contributed by atoms with E-state index in [-0.39, 0.29) is 11.9 Å². The zero-order valence-electron chi connectivity index (χ0n) is 11.6. The van der Waals surface area contributed by atoms with Crippen LogP contribution >= 0.6 is 11.6 Å². The summed E-state index contributed by atoms with van der Waals surface area (Å²) in [5, 5.41) is 6.94. The maximum absolute atomic E-state index is 12.3. The van der Waals surface area contributed by atoms with E-state index >= 15 is 0 Å². The van der Waals surface area contributed by atoms with Gasteiger partial charge < -0.3 is 10.6 Å². The quantitative estimate of drug-likeness (QED) is 0.915. The van der Waals surface area contributed by atoms with E-state index in [9.17, 15) is 4.79 Å². The molecule has 1 atom stereocenters. The van der Waals surface area contributed by atoms with Crippen molar-refractivity contribution in [2.45, 2.75) is 25.6 Å². The average molecular weight is 301 g/mol. The van der Waals surface area contributed by atoms with Gasteiger partial charge in [-0.2, -0.15) is 0 Å². The monoisotopic (exact) mass is 300 g/mol. The van der Waals surface area contributed by atoms with Crippen LogP contribution in [0.5, 0.6) is 0 Å². The Balaban J connectivity index is 1.59. The molecule has 3 nitrogen and oxygen atoms in total. The lowest BCUT2D eigenvalue weighted by Gasteiger charge is -2.25. The maximum atomic E-state index is 12.3. The van der Waals surface area contributed by atoms with Gasteiger partial charge in [-0.3, -0.25) is 4.79 Å². The average Bonchev–Trinajstić information content (AvgIpc) is 2.52. The number of amides is 1. The molecular weight excluding hydrogens is 284 g/mol. The Morgan fingerprint density at radius 2 is 2.00 bits per heavy atom. The number of fused-ring (bicyclic) bond motifs is 1. The topological polar surface area (TPSA) is 41.1 Å². The molecule has 0 unspecified atom stereocenters. The number of hydrogen-bond acceptors (Lipinski definition) is 2. The lowest BCUT2D eigenvalue weighted by molar-refractivity contribution is -0.123. The van der Waals surface area contributed by atoms with Crippen molar-refractivity contribution in [2.75, 3.05) is 0 Å². The van der Waals surface area contributed by atoms with Crippen LogP contribution in [0.25, 0.3) is 0 Å². The Morgan fingerprint density at radius 1 is 1.19 bits per heavy atom. The predicted octanol–water partition coefficient (Wildman–Crippen LogP) is 2.67. The maximum Gasteiger partial charge on any atom is 0.237 e. The SMILES string of the molecule is O=C(NCc1cccc(Cl)c1)[C@@H]1Cc2ccccc2CN1. The molecule has 21 heavy (non-hydrogen) atoms. The van der Waals surface area contributed by atoms with E-state index in [2.05, 4.69) is 22.8 Å². The van der Waals surface area contributed by atoms with E-state index in [0.29, 0.717) is 11.6 Å². The molecule has 1 amide bonds. The molecular formula is C17H17ClN2O. The molecule has 0 saturated heterocycles. The first-order chi connectivity index (χ1) is 10.2. The van der Waals surface area contributed by atoms with Gasteiger partial charge in [0.05, 0.1) is 6.04 Å². The molecule has 3 rings (SSSR count). The number of benzene rings is 2. The van der Waals surface area contributed by atoms with Gasteiger partial charge in [-0.1, -0.05) is 48.0 Å². The third kappa shape index (κ3) is 3.43. The lowest BCUT2D eigenvalue weighted by Crippen LogP contribution is -2.47. The van der Waals surface area contributed by atoms with E-state index < -0.39 is 0 Å². The Bertz CT molecular complexity index is 657. The molecule has 0 aliphatic carbocycles. The van der Waals surface area contributed by atoms with Crippen molar-refractivity contribution in [3.05, 3.63) is 70.2 Å². The third-order valence-corrected chi connectivity index (χ3v) is 3.99. The number of rotatable bonds is 3. The van der Waals surface area contributed by atoms with Crippen LogP contribution < -0.4 is 10.6 Å². The van der Waals surface area contributed by atoms with Gasteiger partial charge in [0.1, 0.15) is 0 Å². The van der Waals surface area contributed by atoms with E-state index in [1.54, 1.807) is 0 Å². The summed E-state index contributed by atoms with van der Waals surface area (Å²) in [5.41, 5.74) is 3.53. The summed E-state index contributed by atoms with van der Waals surface area (Å²) in [7, 11) is 0. The zero-order chi connectivity index (χ0) is 14.7. The Morgan fingerprint density at radius 3 is 2.81 bits per heavy atom. The molecule has 0 fully saturated rings. The molecule has 2 aromatic rings. The van der Waals surface area contributed by atoms with Crippen LogP contribution in [0.1, 0.15) is 16.7 Å². The van der Waals surface area contributed by atoms with E-state index in [1.165, 1.54) is 11.1 Å². The first-order valence-corrected chi connectivity index (χ1v) is 7.42. The highest BCUT2D eigenvalue weighted by atomic mass is 35.5. The minimum Gasteiger partial charge on any atom is -0.351 e. The summed E-state index contributed by atoms with van der Waals surface area (Å²) in [6, 6.07) is 15.6. The van der Waals surface area contributed by atoms with Crippen molar-refractivity contribution >= 4 is 17.5 Å². The van der Waals surface area contributed by atoms with Gasteiger partial charge >= 0.3 is 0 Å². The molecule has 1 aliphatic heterocycles. The van der Waals surface area contributed by atoms with Gasteiger partial charge in [0.25, 0.3) is 0 Å². The second-order valence-corrected chi connectivity index (χ2v) is 5.69. The third-order valence-electron chi connectivity index (χ3n) is 3.75. The first kappa shape index (κ1) is 14.1. The molecule has 0 aromatic heterocycles. The number of halogens is 1. The van der Waals surface area contributed by atoms with Gasteiger partial charge in [-0.15, -0.1) is 0 Å². The van der Waals surface area contributed by atoms with Gasteiger partial charge in [-0.25, -0.2) is 0 Å². The standard InChI is InChI=1S/C17H17ClN2O/c18-15-7-3-4-12(8-15)10-20-17(21)16-9-13-5-1-2-6-14(13)11-19-16/h1-8,16,19H,9-11H2,(H,20,21)/t16-/m0/s1. The summed E-state index contributed by atoms with van der Waals surface area (Å²) in [6.07, 6.45) is 0.734. The number of carbonyl (C=O) groups excluding carboxylic acids is 1. The van der Waals surface area contributed by atoms with Crippen LogP contribution in [0, 0.1) is 0 Å². The van der Waals surface area contributed by atoms with Crippen molar-refractivity contribution in [3.63, 3.8) is 0 Å². The molecule has 108 valence electrons. The fraction of sp³-hybridized carbons (Fsp3) is 0.235. The largest absolute Gasteiger partial charge is 0.351 e. The van der Waals surface area contributed by atoms with Crippen LogP contribution in [-0.2, 0) is 24.3 Å². The van der Waals surface area contributed by atoms with Crippen LogP contribution in [-0.4, -0.2) is 11.9 Å². The fourth-order valence-electron chi connectivity index (χ4n) is 2.60. The summed E-state index contributed by atoms with van der Waals surface area (Å²) in [4.78, 5) is 12.3. The van der Waals surface area contributed by atoms with Gasteiger partial charge in [0.2, 0.25) is 5.91 Å². The van der Waals surface area contributed by atoms with E-state index in [0.717, 1.165) is 18.5 Å². The smallest absolute Gasteiger partial charge is 0.237 e. The molecule has 2 N–H and O–H groups in total. The highest BCUT2D eigenvalue weighted by Crippen LogP contribution is 2.16. The van der Waals surface area contributed by atoms with E-state index in [1.807, 2.05) is 36.4 Å². The Kier molecular flexibility index (Phi) is 4.23. The molecule has 0 bridgehead atoms. The van der Waals surface area contributed by atoms with Crippen molar-refractivity contribution < 1.29 is 4.79 Å². The number of carbonyl (C=O) groups is 1. The summed E-state index contributed by atoms with van der Waals surface area (Å²) < 4.78 is 0. The predicted molar refractivity (Wildman–Crippen MR) is 84.1 cm³/mol. The zero-order valence-corrected chi connectivity index (χ0v) is 12.4. The molecule has 4 heteroatoms. The molecule has 1 aliphatic rings. The van der Waals surface area contributed by atoms with Crippen LogP contribution in [0.15, 0.2) is 48.5 Å². The van der Waals surface area contributed by atoms with Crippen molar-refractivity contribution in [3.8, 4) is 0 Å². The molecule has 0 spiro atoms. The molecule has 0 radical (unpaired) electrons. The minimum atomic E-state index is -0.168. The summed E-state index contributed by atoms with van der Waals surface area (Å²) >= 11 is 5.94. The Hall–Kier alpha value is -1.84. The van der Waals surface area contributed by atoms with Gasteiger partial charge in [0, 0.05) is 18.1 Å². The van der Waals surface area contributed by atoms with Crippen LogP contribution in [0.4, 0.5) is 0 Å². The summed E-state index contributed by atoms with van der Waals surface area (Å²) in [6.45, 7) is 1.24. The van der Waals surface area contributed by atoms with Gasteiger partial charge in [0.15, 0.2) is 0 Å². The fourth-order valence-corrected chi connectivity index (χ4v) is 2.81. The lowest BCUT2D eigenvalue weighted by atomic mass is 9.95. The number of nitrogens with one attached hydrogen (secondary N) is 2. The second-order valence-electron chi connectivity index (χ2n) is 5.25. The molecule has 1 heterocycles. The minimum absolute atomic E-state index is 0.0319. The highest BCUT2D eigenvalue weighted by molar-refractivity contribution is 6.30. The van der Waals surface area contributed by atoms with E-state index in [4.69, 9.17) is 11.6 Å².